The fourth-order valence-corrected chi connectivity index (χ4v) is 16.4. The smallest absolute Gasteiger partial charge is 0.283 e. The summed E-state index contributed by atoms with van der Waals surface area (Å²) in [7, 11) is -29.3. The summed E-state index contributed by atoms with van der Waals surface area (Å²) in [6.07, 6.45) is -0.104. The van der Waals surface area contributed by atoms with Crippen LogP contribution >= 0.6 is 0 Å². The van der Waals surface area contributed by atoms with Gasteiger partial charge in [-0.2, -0.15) is 8.42 Å². The van der Waals surface area contributed by atoms with Crippen molar-refractivity contribution in [3.05, 3.63) is 0 Å². The molecule has 0 fully saturated rings. The van der Waals surface area contributed by atoms with Gasteiger partial charge in [0.2, 0.25) is 0 Å². The van der Waals surface area contributed by atoms with Crippen LogP contribution in [0.3, 0.4) is 0 Å². The van der Waals surface area contributed by atoms with Crippen molar-refractivity contribution in [1.29, 1.82) is 0 Å². The van der Waals surface area contributed by atoms with E-state index in [9.17, 15) is 42.1 Å². The lowest BCUT2D eigenvalue weighted by Gasteiger charge is -2.23. The molecule has 20 heavy (non-hydrogen) atoms. The summed E-state index contributed by atoms with van der Waals surface area (Å²) in [5, 5.41) is 0. The second-order valence-corrected chi connectivity index (χ2v) is 18.7. The predicted octanol–water partition coefficient (Wildman–Crippen LogP) is -2.70. The van der Waals surface area contributed by atoms with Gasteiger partial charge < -0.3 is 0 Å². The second-order valence-electron chi connectivity index (χ2n) is 3.65. The SMILES string of the molecule is CC(S(=O)(=O)O)(S(=O)(=O)S(C)(=O)=O)S(=O)(=O)S(C)(=O)=O. The molecular weight excluding hydrogens is 384 g/mol. The van der Waals surface area contributed by atoms with E-state index in [0.29, 0.717) is 0 Å². The quantitative estimate of drug-likeness (QED) is 0.377. The van der Waals surface area contributed by atoms with Crippen LogP contribution in [-0.2, 0) is 45.6 Å². The van der Waals surface area contributed by atoms with E-state index in [1.54, 1.807) is 0 Å². The highest BCUT2D eigenvalue weighted by Gasteiger charge is 2.68. The maximum absolute atomic E-state index is 11.6. The lowest BCUT2D eigenvalue weighted by atomic mass is 10.9. The van der Waals surface area contributed by atoms with E-state index >= 15 is 0 Å². The normalized spacial score (nSPS) is 16.0. The maximum Gasteiger partial charge on any atom is 0.322 e. The van der Waals surface area contributed by atoms with E-state index in [1.807, 2.05) is 0 Å². The average Bonchev–Trinajstić information content (AvgIpc) is 2.10. The third-order valence-corrected chi connectivity index (χ3v) is 18.5. The monoisotopic (exact) mass is 394 g/mol. The highest BCUT2D eigenvalue weighted by molar-refractivity contribution is 8.78. The van der Waals surface area contributed by atoms with Crippen molar-refractivity contribution in [3.63, 3.8) is 0 Å². The van der Waals surface area contributed by atoms with Crippen molar-refractivity contribution in [3.8, 4) is 0 Å². The second kappa shape index (κ2) is 4.60. The molecule has 0 atom stereocenters. The molecule has 11 nitrogen and oxygen atoms in total. The molecule has 0 saturated carbocycles. The summed E-state index contributed by atoms with van der Waals surface area (Å²) in [5.74, 6) is 0. The van der Waals surface area contributed by atoms with Crippen LogP contribution in [0.2, 0.25) is 0 Å². The first-order chi connectivity index (χ1) is 8.25. The first kappa shape index (κ1) is 19.7. The standard InChI is InChI=1S/C4H10O11S5/c1-4(18(9,10)11,19(12,13)16(2,5)6)20(14,15)17(3,7)8/h1-3H3,(H,9,10,11). The average molecular weight is 394 g/mol. The molecule has 0 spiro atoms. The Labute approximate surface area is 115 Å². The van der Waals surface area contributed by atoms with Crippen LogP contribution in [0.1, 0.15) is 6.92 Å². The van der Waals surface area contributed by atoms with Crippen molar-refractivity contribution in [1.82, 2.24) is 0 Å². The topological polar surface area (TPSA) is 191 Å². The van der Waals surface area contributed by atoms with Gasteiger partial charge in [-0.1, -0.05) is 0 Å². The summed E-state index contributed by atoms with van der Waals surface area (Å²) >= 11 is 0. The maximum atomic E-state index is 11.6. The fourth-order valence-electron chi connectivity index (χ4n) is 0.933. The molecule has 0 radical (unpaired) electrons. The van der Waals surface area contributed by atoms with E-state index in [2.05, 4.69) is 0 Å². The first-order valence-electron chi connectivity index (χ1n) is 4.11. The van der Waals surface area contributed by atoms with Gasteiger partial charge in [-0.15, -0.1) is 0 Å². The molecular formula is C4H10O11S5. The molecule has 0 aromatic heterocycles. The molecule has 0 aliphatic heterocycles. The Bertz CT molecular complexity index is 862. The third-order valence-electron chi connectivity index (χ3n) is 2.17. The van der Waals surface area contributed by atoms with Gasteiger partial charge in [0.1, 0.15) is 0 Å². The van der Waals surface area contributed by atoms with Gasteiger partial charge in [0, 0.05) is 0 Å². The zero-order valence-corrected chi connectivity index (χ0v) is 14.2. The molecule has 0 bridgehead atoms. The molecule has 1 N–H and O–H groups in total. The minimum atomic E-state index is -6.18. The molecule has 0 unspecified atom stereocenters. The van der Waals surface area contributed by atoms with E-state index in [4.69, 9.17) is 4.55 Å². The Hall–Kier alpha value is -0.290. The van der Waals surface area contributed by atoms with Crippen LogP contribution in [0.5, 0.6) is 0 Å². The minimum Gasteiger partial charge on any atom is -0.283 e. The van der Waals surface area contributed by atoms with Gasteiger partial charge in [-0.3, -0.25) is 4.55 Å². The van der Waals surface area contributed by atoms with E-state index in [1.165, 1.54) is 0 Å². The molecule has 0 amide bonds. The van der Waals surface area contributed by atoms with Crippen LogP contribution < -0.4 is 0 Å². The molecule has 0 aromatic carbocycles. The van der Waals surface area contributed by atoms with Crippen LogP contribution in [0.25, 0.3) is 0 Å². The number of hydrogen-bond donors (Lipinski definition) is 1. The summed E-state index contributed by atoms with van der Waals surface area (Å²) in [4.78, 5) is 0. The van der Waals surface area contributed by atoms with Crippen LogP contribution in [0, 0.1) is 0 Å². The summed E-state index contributed by atoms with van der Waals surface area (Å²) in [6, 6.07) is 0. The first-order valence-corrected chi connectivity index (χ1v) is 13.3. The lowest BCUT2D eigenvalue weighted by molar-refractivity contribution is 0.471. The van der Waals surface area contributed by atoms with E-state index < -0.39 is 49.0 Å². The lowest BCUT2D eigenvalue weighted by Crippen LogP contribution is -2.54. The van der Waals surface area contributed by atoms with Crippen LogP contribution in [0.4, 0.5) is 0 Å². The highest BCUT2D eigenvalue weighted by Crippen LogP contribution is 2.36. The molecule has 0 saturated heterocycles. The summed E-state index contributed by atoms with van der Waals surface area (Å²) < 4.78 is 117. The highest BCUT2D eigenvalue weighted by atomic mass is 33.2. The van der Waals surface area contributed by atoms with Gasteiger partial charge in [-0.25, -0.2) is 33.7 Å². The predicted molar refractivity (Wildman–Crippen MR) is 67.5 cm³/mol. The zero-order chi connectivity index (χ0) is 17.0. The van der Waals surface area contributed by atoms with Crippen molar-refractivity contribution in [2.45, 2.75) is 10.3 Å². The van der Waals surface area contributed by atoms with Crippen molar-refractivity contribution in [2.24, 2.45) is 0 Å². The van der Waals surface area contributed by atoms with Gasteiger partial charge in [0.15, 0.2) is 0 Å². The molecule has 0 aromatic rings. The van der Waals surface area contributed by atoms with Gasteiger partial charge >= 0.3 is 13.5 Å². The van der Waals surface area contributed by atoms with Gasteiger partial charge in [-0.05, 0) is 6.92 Å². The fraction of sp³-hybridized carbons (Fsp3) is 1.00. The summed E-state index contributed by atoms with van der Waals surface area (Å²) in [5.41, 5.74) is 0. The van der Waals surface area contributed by atoms with Gasteiger partial charge in [0.05, 0.1) is 12.5 Å². The largest absolute Gasteiger partial charge is 0.322 e. The van der Waals surface area contributed by atoms with Crippen molar-refractivity contribution in [2.75, 3.05) is 12.5 Å². The van der Waals surface area contributed by atoms with Crippen LogP contribution in [0.15, 0.2) is 0 Å². The molecule has 0 aliphatic rings. The van der Waals surface area contributed by atoms with E-state index in [0.717, 1.165) is 0 Å². The third kappa shape index (κ3) is 2.47. The minimum absolute atomic E-state index is 0.0520. The Morgan fingerprint density at radius 2 is 0.850 bits per heavy atom. The van der Waals surface area contributed by atoms with Crippen LogP contribution in [-0.4, -0.2) is 62.6 Å². The molecule has 0 rings (SSSR count). The number of rotatable bonds is 5. The Balaban J connectivity index is 7.44. The number of hydrogen-bond acceptors (Lipinski definition) is 10. The van der Waals surface area contributed by atoms with Crippen molar-refractivity contribution >= 4 is 45.6 Å². The molecule has 16 heteroatoms. The van der Waals surface area contributed by atoms with Crippen molar-refractivity contribution < 1.29 is 46.6 Å². The molecule has 0 aliphatic carbocycles. The van der Waals surface area contributed by atoms with E-state index in [-0.39, 0.29) is 19.4 Å². The summed E-state index contributed by atoms with van der Waals surface area (Å²) in [6.45, 7) is -0.241. The molecule has 0 heterocycles. The molecule has 122 valence electrons. The zero-order valence-electron chi connectivity index (χ0n) is 10.1. The Morgan fingerprint density at radius 3 is 0.950 bits per heavy atom. The Morgan fingerprint density at radius 1 is 0.650 bits per heavy atom. The van der Waals surface area contributed by atoms with Gasteiger partial charge in [0.25, 0.3) is 35.5 Å². The Kier molecular flexibility index (Phi) is 4.54.